The van der Waals surface area contributed by atoms with E-state index in [1.54, 1.807) is 0 Å². The average Bonchev–Trinajstić information content (AvgIpc) is 2.22. The molecule has 0 rings (SSSR count). The molecule has 3 N–H and O–H groups in total. The van der Waals surface area contributed by atoms with E-state index < -0.39 is 22.3 Å². The van der Waals surface area contributed by atoms with Gasteiger partial charge in [0.1, 0.15) is 0 Å². The molecule has 0 bridgehead atoms. The smallest absolute Gasteiger partial charge is 0.304 e. The molecule has 108 valence electrons. The van der Waals surface area contributed by atoms with E-state index in [-0.39, 0.29) is 25.4 Å². The molecule has 1 atom stereocenters. The van der Waals surface area contributed by atoms with Crippen molar-refractivity contribution in [3.8, 4) is 0 Å². The summed E-state index contributed by atoms with van der Waals surface area (Å²) in [5.74, 6) is -0.786. The molecule has 0 aliphatic carbocycles. The zero-order valence-electron chi connectivity index (χ0n) is 11.0. The lowest BCUT2D eigenvalue weighted by Gasteiger charge is -2.19. The Balaban J connectivity index is 4.17. The Morgan fingerprint density at radius 3 is 2.39 bits per heavy atom. The third kappa shape index (κ3) is 7.59. The molecule has 0 heterocycles. The second-order valence-corrected chi connectivity index (χ2v) is 6.46. The maximum Gasteiger partial charge on any atom is 0.304 e. The van der Waals surface area contributed by atoms with Crippen molar-refractivity contribution in [3.05, 3.63) is 0 Å². The summed E-state index contributed by atoms with van der Waals surface area (Å²) in [6.45, 7) is 3.68. The van der Waals surface area contributed by atoms with Gasteiger partial charge in [-0.2, -0.15) is 17.4 Å². The van der Waals surface area contributed by atoms with Crippen LogP contribution in [0.4, 0.5) is 0 Å². The number of nitrogens with one attached hydrogen (secondary N) is 1. The monoisotopic (exact) mass is 282 g/mol. The molecule has 0 fully saturated rings. The van der Waals surface area contributed by atoms with E-state index in [2.05, 4.69) is 4.72 Å². The molecule has 0 aromatic carbocycles. The molecule has 0 aromatic rings. The lowest BCUT2D eigenvalue weighted by Crippen LogP contribution is -2.42. The molecule has 0 radical (unpaired) electrons. The standard InChI is InChI=1S/C10H22N2O5S/c1-8(2)6-9(13)7-11-18(16,17)12(3)5-4-10(14)15/h8-9,11,13H,4-7H2,1-3H3,(H,14,15). The normalized spacial score (nSPS) is 14.1. The topological polar surface area (TPSA) is 107 Å². The highest BCUT2D eigenvalue weighted by Gasteiger charge is 2.19. The van der Waals surface area contributed by atoms with Gasteiger partial charge in [-0.3, -0.25) is 4.79 Å². The summed E-state index contributed by atoms with van der Waals surface area (Å²) >= 11 is 0. The van der Waals surface area contributed by atoms with E-state index in [0.29, 0.717) is 6.42 Å². The summed E-state index contributed by atoms with van der Waals surface area (Å²) in [4.78, 5) is 10.3. The molecule has 0 aliphatic rings. The van der Waals surface area contributed by atoms with Crippen LogP contribution in [0.25, 0.3) is 0 Å². The van der Waals surface area contributed by atoms with Crippen molar-refractivity contribution in [1.29, 1.82) is 0 Å². The number of hydrogen-bond acceptors (Lipinski definition) is 4. The van der Waals surface area contributed by atoms with E-state index in [4.69, 9.17) is 5.11 Å². The van der Waals surface area contributed by atoms with Gasteiger partial charge in [-0.1, -0.05) is 13.8 Å². The number of aliphatic hydroxyl groups excluding tert-OH is 1. The molecule has 0 amide bonds. The van der Waals surface area contributed by atoms with Crippen molar-refractivity contribution >= 4 is 16.2 Å². The Hall–Kier alpha value is -0.700. The molecule has 0 spiro atoms. The third-order valence-corrected chi connectivity index (χ3v) is 3.83. The van der Waals surface area contributed by atoms with Gasteiger partial charge in [0.15, 0.2) is 0 Å². The molecule has 1 unspecified atom stereocenters. The van der Waals surface area contributed by atoms with Gasteiger partial charge >= 0.3 is 5.97 Å². The summed E-state index contributed by atoms with van der Waals surface area (Å²) in [5, 5.41) is 18.0. The van der Waals surface area contributed by atoms with E-state index in [9.17, 15) is 18.3 Å². The second kappa shape index (κ2) is 7.67. The molecule has 0 aliphatic heterocycles. The quantitative estimate of drug-likeness (QED) is 0.535. The summed E-state index contributed by atoms with van der Waals surface area (Å²) in [6.07, 6.45) is -0.500. The highest BCUT2D eigenvalue weighted by atomic mass is 32.2. The predicted octanol–water partition coefficient (Wildman–Crippen LogP) is -0.366. The zero-order chi connectivity index (χ0) is 14.3. The lowest BCUT2D eigenvalue weighted by atomic mass is 10.1. The lowest BCUT2D eigenvalue weighted by molar-refractivity contribution is -0.137. The van der Waals surface area contributed by atoms with Crippen molar-refractivity contribution in [2.24, 2.45) is 5.92 Å². The number of aliphatic carboxylic acids is 1. The van der Waals surface area contributed by atoms with Crippen molar-refractivity contribution in [1.82, 2.24) is 9.03 Å². The summed E-state index contributed by atoms with van der Waals surface area (Å²) in [6, 6.07) is 0. The third-order valence-electron chi connectivity index (χ3n) is 2.30. The molecule has 7 nitrogen and oxygen atoms in total. The molecular formula is C10H22N2O5S. The van der Waals surface area contributed by atoms with E-state index >= 15 is 0 Å². The summed E-state index contributed by atoms with van der Waals surface area (Å²) in [5.41, 5.74) is 0. The van der Waals surface area contributed by atoms with E-state index in [1.165, 1.54) is 7.05 Å². The van der Waals surface area contributed by atoms with Gasteiger partial charge in [0.05, 0.1) is 12.5 Å². The molecule has 0 saturated heterocycles. The first-order valence-corrected chi connectivity index (χ1v) is 7.20. The zero-order valence-corrected chi connectivity index (χ0v) is 11.8. The van der Waals surface area contributed by atoms with Crippen LogP contribution < -0.4 is 4.72 Å². The Labute approximate surface area is 108 Å². The Bertz CT molecular complexity index is 355. The van der Waals surface area contributed by atoms with Crippen LogP contribution >= 0.6 is 0 Å². The van der Waals surface area contributed by atoms with Crippen LogP contribution in [0.2, 0.25) is 0 Å². The molecule has 0 aromatic heterocycles. The first kappa shape index (κ1) is 17.3. The second-order valence-electron chi connectivity index (χ2n) is 4.60. The van der Waals surface area contributed by atoms with Crippen LogP contribution in [0.3, 0.4) is 0 Å². The number of carboxylic acids is 1. The Morgan fingerprint density at radius 2 is 1.94 bits per heavy atom. The Kier molecular flexibility index (Phi) is 7.37. The molecule has 8 heteroatoms. The van der Waals surface area contributed by atoms with Crippen molar-refractivity contribution in [2.75, 3.05) is 20.1 Å². The minimum Gasteiger partial charge on any atom is -0.481 e. The van der Waals surface area contributed by atoms with Crippen molar-refractivity contribution in [2.45, 2.75) is 32.8 Å². The fraction of sp³-hybridized carbons (Fsp3) is 0.900. The Morgan fingerprint density at radius 1 is 1.39 bits per heavy atom. The number of nitrogens with zero attached hydrogens (tertiary/aromatic N) is 1. The molecular weight excluding hydrogens is 260 g/mol. The summed E-state index contributed by atoms with van der Waals surface area (Å²) in [7, 11) is -2.44. The van der Waals surface area contributed by atoms with Crippen molar-refractivity contribution < 1.29 is 23.4 Å². The van der Waals surface area contributed by atoms with Gasteiger partial charge in [0.2, 0.25) is 0 Å². The number of carboxylic acid groups (broad SMARTS) is 1. The van der Waals surface area contributed by atoms with Crippen molar-refractivity contribution in [3.63, 3.8) is 0 Å². The van der Waals surface area contributed by atoms with E-state index in [0.717, 1.165) is 4.31 Å². The number of rotatable bonds is 9. The maximum atomic E-state index is 11.6. The van der Waals surface area contributed by atoms with Gasteiger partial charge in [-0.05, 0) is 12.3 Å². The maximum absolute atomic E-state index is 11.6. The van der Waals surface area contributed by atoms with Gasteiger partial charge in [-0.25, -0.2) is 0 Å². The number of carbonyl (C=O) groups is 1. The van der Waals surface area contributed by atoms with Gasteiger partial charge in [0.25, 0.3) is 10.2 Å². The molecule has 0 saturated carbocycles. The molecule has 18 heavy (non-hydrogen) atoms. The van der Waals surface area contributed by atoms with Gasteiger partial charge in [-0.15, -0.1) is 0 Å². The highest BCUT2D eigenvalue weighted by Crippen LogP contribution is 2.04. The number of hydrogen-bond donors (Lipinski definition) is 3. The highest BCUT2D eigenvalue weighted by molar-refractivity contribution is 7.87. The van der Waals surface area contributed by atoms with Crippen LogP contribution in [0.15, 0.2) is 0 Å². The number of aliphatic hydroxyl groups is 1. The summed E-state index contributed by atoms with van der Waals surface area (Å²) < 4.78 is 26.5. The van der Waals surface area contributed by atoms with Crippen LogP contribution in [-0.4, -0.2) is 55.1 Å². The average molecular weight is 282 g/mol. The first-order chi connectivity index (χ1) is 8.15. The minimum atomic E-state index is -3.73. The first-order valence-electron chi connectivity index (χ1n) is 5.76. The van der Waals surface area contributed by atoms with Gasteiger partial charge in [0, 0.05) is 20.1 Å². The van der Waals surface area contributed by atoms with Crippen LogP contribution in [-0.2, 0) is 15.0 Å². The largest absolute Gasteiger partial charge is 0.481 e. The van der Waals surface area contributed by atoms with E-state index in [1.807, 2.05) is 13.8 Å². The fourth-order valence-electron chi connectivity index (χ4n) is 1.31. The van der Waals surface area contributed by atoms with Crippen LogP contribution in [0, 0.1) is 5.92 Å². The SMILES string of the molecule is CC(C)CC(O)CNS(=O)(=O)N(C)CCC(=O)O. The van der Waals surface area contributed by atoms with Crippen LogP contribution in [0.1, 0.15) is 26.7 Å². The van der Waals surface area contributed by atoms with Gasteiger partial charge < -0.3 is 10.2 Å². The predicted molar refractivity (Wildman–Crippen MR) is 67.3 cm³/mol. The fourth-order valence-corrected chi connectivity index (χ4v) is 2.27. The van der Waals surface area contributed by atoms with Crippen LogP contribution in [0.5, 0.6) is 0 Å². The minimum absolute atomic E-state index is 0.0715.